The Bertz CT molecular complexity index is 241. The summed E-state index contributed by atoms with van der Waals surface area (Å²) in [4.78, 5) is 0. The first-order chi connectivity index (χ1) is 8.65. The molecule has 0 saturated heterocycles. The molecule has 2 aliphatic rings. The predicted octanol–water partition coefficient (Wildman–Crippen LogP) is 3.47. The van der Waals surface area contributed by atoms with Gasteiger partial charge in [-0.25, -0.2) is 0 Å². The molecule has 0 spiro atoms. The average Bonchev–Trinajstić information content (AvgIpc) is 2.93. The first-order valence-corrected chi connectivity index (χ1v) is 7.94. The standard InChI is InChI=1S/C16H31NO/c1-4-6-18-7-5-16(12-17-11-13(2)3)9-14-8-15(14)10-16/h13-15,17H,4-12H2,1-3H3. The van der Waals surface area contributed by atoms with Crippen LogP contribution in [-0.2, 0) is 4.74 Å². The molecule has 0 amide bonds. The molecule has 2 unspecified atom stereocenters. The van der Waals surface area contributed by atoms with E-state index in [1.165, 1.54) is 32.2 Å². The molecule has 2 nitrogen and oxygen atoms in total. The highest BCUT2D eigenvalue weighted by atomic mass is 16.5. The second-order valence-corrected chi connectivity index (χ2v) is 7.05. The van der Waals surface area contributed by atoms with Crippen LogP contribution in [0.25, 0.3) is 0 Å². The number of ether oxygens (including phenoxy) is 1. The zero-order valence-electron chi connectivity index (χ0n) is 12.5. The molecule has 18 heavy (non-hydrogen) atoms. The van der Waals surface area contributed by atoms with Gasteiger partial charge >= 0.3 is 0 Å². The van der Waals surface area contributed by atoms with Crippen molar-refractivity contribution in [2.24, 2.45) is 23.2 Å². The summed E-state index contributed by atoms with van der Waals surface area (Å²) in [5.74, 6) is 2.89. The van der Waals surface area contributed by atoms with Gasteiger partial charge in [0.25, 0.3) is 0 Å². The van der Waals surface area contributed by atoms with Crippen molar-refractivity contribution in [3.63, 3.8) is 0 Å². The summed E-state index contributed by atoms with van der Waals surface area (Å²) in [5.41, 5.74) is 0.566. The van der Waals surface area contributed by atoms with E-state index < -0.39 is 0 Å². The zero-order valence-corrected chi connectivity index (χ0v) is 12.5. The molecule has 0 aliphatic heterocycles. The first kappa shape index (κ1) is 14.3. The molecular weight excluding hydrogens is 222 g/mol. The van der Waals surface area contributed by atoms with E-state index in [9.17, 15) is 0 Å². The maximum atomic E-state index is 5.72. The Morgan fingerprint density at radius 3 is 2.56 bits per heavy atom. The van der Waals surface area contributed by atoms with Crippen LogP contribution in [0.2, 0.25) is 0 Å². The van der Waals surface area contributed by atoms with Gasteiger partial charge in [0.1, 0.15) is 0 Å². The van der Waals surface area contributed by atoms with E-state index in [-0.39, 0.29) is 0 Å². The number of fused-ring (bicyclic) bond motifs is 1. The Morgan fingerprint density at radius 1 is 1.22 bits per heavy atom. The van der Waals surface area contributed by atoms with E-state index in [2.05, 4.69) is 26.1 Å². The van der Waals surface area contributed by atoms with Gasteiger partial charge in [-0.2, -0.15) is 0 Å². The highest BCUT2D eigenvalue weighted by Crippen LogP contribution is 2.60. The summed E-state index contributed by atoms with van der Waals surface area (Å²) >= 11 is 0. The molecule has 0 heterocycles. The third-order valence-electron chi connectivity index (χ3n) is 4.64. The second kappa shape index (κ2) is 6.38. The summed E-state index contributed by atoms with van der Waals surface area (Å²) in [7, 11) is 0. The zero-order chi connectivity index (χ0) is 13.0. The normalized spacial score (nSPS) is 34.0. The minimum absolute atomic E-state index is 0.566. The van der Waals surface area contributed by atoms with Crippen molar-refractivity contribution in [1.29, 1.82) is 0 Å². The quantitative estimate of drug-likeness (QED) is 0.635. The maximum absolute atomic E-state index is 5.72. The lowest BCUT2D eigenvalue weighted by Gasteiger charge is -2.31. The van der Waals surface area contributed by atoms with E-state index in [1.54, 1.807) is 0 Å². The lowest BCUT2D eigenvalue weighted by molar-refractivity contribution is 0.0890. The van der Waals surface area contributed by atoms with Gasteiger partial charge in [-0.15, -0.1) is 0 Å². The first-order valence-electron chi connectivity index (χ1n) is 7.94. The van der Waals surface area contributed by atoms with Crippen LogP contribution in [0, 0.1) is 23.2 Å². The van der Waals surface area contributed by atoms with Gasteiger partial charge in [0.05, 0.1) is 0 Å². The molecule has 0 aromatic carbocycles. The Balaban J connectivity index is 1.73. The van der Waals surface area contributed by atoms with Gasteiger partial charge in [0, 0.05) is 19.8 Å². The van der Waals surface area contributed by atoms with Crippen LogP contribution in [0.1, 0.15) is 52.9 Å². The fraction of sp³-hybridized carbons (Fsp3) is 1.00. The van der Waals surface area contributed by atoms with Gasteiger partial charge in [0.2, 0.25) is 0 Å². The number of hydrogen-bond donors (Lipinski definition) is 1. The molecule has 2 atom stereocenters. The molecular formula is C16H31NO. The summed E-state index contributed by atoms with van der Waals surface area (Å²) in [6, 6.07) is 0. The van der Waals surface area contributed by atoms with E-state index >= 15 is 0 Å². The Labute approximate surface area is 113 Å². The lowest BCUT2D eigenvalue weighted by Crippen LogP contribution is -2.36. The molecule has 2 fully saturated rings. The van der Waals surface area contributed by atoms with Crippen molar-refractivity contribution >= 4 is 0 Å². The number of hydrogen-bond acceptors (Lipinski definition) is 2. The third-order valence-corrected chi connectivity index (χ3v) is 4.64. The Kier molecular flexibility index (Phi) is 5.08. The summed E-state index contributed by atoms with van der Waals surface area (Å²) in [6.45, 7) is 11.0. The molecule has 0 aromatic rings. The number of nitrogens with one attached hydrogen (secondary N) is 1. The predicted molar refractivity (Wildman–Crippen MR) is 76.7 cm³/mol. The molecule has 106 valence electrons. The topological polar surface area (TPSA) is 21.3 Å². The molecule has 0 bridgehead atoms. The molecule has 2 aliphatic carbocycles. The summed E-state index contributed by atoms with van der Waals surface area (Å²) < 4.78 is 5.72. The minimum Gasteiger partial charge on any atom is -0.381 e. The molecule has 0 radical (unpaired) electrons. The molecule has 2 rings (SSSR count). The van der Waals surface area contributed by atoms with Crippen LogP contribution < -0.4 is 5.32 Å². The van der Waals surface area contributed by atoms with Crippen LogP contribution in [0.5, 0.6) is 0 Å². The van der Waals surface area contributed by atoms with Crippen LogP contribution in [0.15, 0.2) is 0 Å². The molecule has 0 aromatic heterocycles. The number of rotatable bonds is 9. The third kappa shape index (κ3) is 3.96. The van der Waals surface area contributed by atoms with E-state index in [1.807, 2.05) is 0 Å². The fourth-order valence-corrected chi connectivity index (χ4v) is 3.60. The molecule has 2 saturated carbocycles. The van der Waals surface area contributed by atoms with Crippen molar-refractivity contribution in [1.82, 2.24) is 5.32 Å². The van der Waals surface area contributed by atoms with Gasteiger partial charge in [-0.1, -0.05) is 20.8 Å². The minimum atomic E-state index is 0.566. The van der Waals surface area contributed by atoms with Gasteiger partial charge in [-0.3, -0.25) is 0 Å². The fourth-order valence-electron chi connectivity index (χ4n) is 3.60. The van der Waals surface area contributed by atoms with Gasteiger partial charge in [0.15, 0.2) is 0 Å². The van der Waals surface area contributed by atoms with Crippen molar-refractivity contribution in [3.05, 3.63) is 0 Å². The Hall–Kier alpha value is -0.0800. The van der Waals surface area contributed by atoms with Crippen LogP contribution in [0.4, 0.5) is 0 Å². The highest BCUT2D eigenvalue weighted by molar-refractivity contribution is 5.04. The largest absolute Gasteiger partial charge is 0.381 e. The van der Waals surface area contributed by atoms with Crippen LogP contribution in [0.3, 0.4) is 0 Å². The second-order valence-electron chi connectivity index (χ2n) is 7.05. The van der Waals surface area contributed by atoms with Crippen LogP contribution >= 0.6 is 0 Å². The average molecular weight is 253 g/mol. The summed E-state index contributed by atoms with van der Waals surface area (Å²) in [6.07, 6.45) is 6.84. The van der Waals surface area contributed by atoms with Gasteiger partial charge < -0.3 is 10.1 Å². The van der Waals surface area contributed by atoms with Gasteiger partial charge in [-0.05, 0) is 61.8 Å². The smallest absolute Gasteiger partial charge is 0.0471 e. The highest BCUT2D eigenvalue weighted by Gasteiger charge is 2.52. The SMILES string of the molecule is CCCOCCC1(CNCC(C)C)CC2CC2C1. The lowest BCUT2D eigenvalue weighted by atomic mass is 9.80. The Morgan fingerprint density at radius 2 is 1.94 bits per heavy atom. The van der Waals surface area contributed by atoms with Crippen molar-refractivity contribution in [2.75, 3.05) is 26.3 Å². The van der Waals surface area contributed by atoms with Crippen molar-refractivity contribution in [2.45, 2.75) is 52.9 Å². The van der Waals surface area contributed by atoms with E-state index in [4.69, 9.17) is 4.74 Å². The molecule has 2 heteroatoms. The van der Waals surface area contributed by atoms with Crippen LogP contribution in [-0.4, -0.2) is 26.3 Å². The summed E-state index contributed by atoms with van der Waals surface area (Å²) in [5, 5.41) is 3.69. The van der Waals surface area contributed by atoms with E-state index in [0.717, 1.165) is 43.9 Å². The van der Waals surface area contributed by atoms with Crippen molar-refractivity contribution < 1.29 is 4.74 Å². The maximum Gasteiger partial charge on any atom is 0.0471 e. The van der Waals surface area contributed by atoms with E-state index in [0.29, 0.717) is 5.41 Å². The van der Waals surface area contributed by atoms with Crippen molar-refractivity contribution in [3.8, 4) is 0 Å². The monoisotopic (exact) mass is 253 g/mol. The molecule has 1 N–H and O–H groups in total.